The van der Waals surface area contributed by atoms with Gasteiger partial charge in [0.1, 0.15) is 11.2 Å². The number of aromatic nitrogens is 1. The van der Waals surface area contributed by atoms with E-state index in [0.717, 1.165) is 29.0 Å². The molecule has 0 amide bonds. The van der Waals surface area contributed by atoms with E-state index in [1.165, 1.54) is 28.3 Å². The van der Waals surface area contributed by atoms with Crippen LogP contribution in [0.5, 0.6) is 5.75 Å². The highest BCUT2D eigenvalue weighted by Crippen LogP contribution is 2.68. The van der Waals surface area contributed by atoms with Crippen molar-refractivity contribution in [2.45, 2.75) is 93.4 Å². The molecule has 6 heterocycles. The molecule has 14 heteroatoms. The first-order valence-corrected chi connectivity index (χ1v) is 21.7. The number of alkyl halides is 2. The monoisotopic (exact) mass is 854 g/mol. The summed E-state index contributed by atoms with van der Waals surface area (Å²) in [5, 5.41) is 14.2. The molecule has 2 N–H and O–H groups in total. The first kappa shape index (κ1) is 42.3. The van der Waals surface area contributed by atoms with Gasteiger partial charge in [-0.05, 0) is 86.9 Å². The van der Waals surface area contributed by atoms with Crippen molar-refractivity contribution in [3.63, 3.8) is 0 Å². The fourth-order valence-corrected chi connectivity index (χ4v) is 13.6. The average Bonchev–Trinajstić information content (AvgIpc) is 3.91. The summed E-state index contributed by atoms with van der Waals surface area (Å²) in [6.45, 7) is 6.62. The zero-order chi connectivity index (χ0) is 44.3. The number of hydrogen-bond donors (Lipinski definition) is 2. The van der Waals surface area contributed by atoms with Crippen molar-refractivity contribution in [3.8, 4) is 18.1 Å². The summed E-state index contributed by atoms with van der Waals surface area (Å²) < 4.78 is 54.6. The van der Waals surface area contributed by atoms with Crippen molar-refractivity contribution in [2.75, 3.05) is 66.0 Å². The van der Waals surface area contributed by atoms with Gasteiger partial charge >= 0.3 is 17.9 Å². The second-order valence-electron chi connectivity index (χ2n) is 18.7. The lowest BCUT2D eigenvalue weighted by molar-refractivity contribution is -0.228. The first-order chi connectivity index (χ1) is 29.5. The Kier molecular flexibility index (Phi) is 9.93. The number of aromatic amines is 1. The third kappa shape index (κ3) is 5.56. The van der Waals surface area contributed by atoms with Gasteiger partial charge in [-0.25, -0.2) is 13.6 Å². The summed E-state index contributed by atoms with van der Waals surface area (Å²) in [7, 11) is 5.91. The van der Waals surface area contributed by atoms with Crippen LogP contribution in [0.4, 0.5) is 14.5 Å². The number of halogens is 2. The maximum atomic E-state index is 15.4. The third-order valence-electron chi connectivity index (χ3n) is 15.8. The van der Waals surface area contributed by atoms with Crippen molar-refractivity contribution in [1.29, 1.82) is 0 Å². The number of piperidine rings is 1. The van der Waals surface area contributed by atoms with Crippen LogP contribution < -0.4 is 9.64 Å². The number of ether oxygens (including phenoxy) is 4. The molecule has 2 saturated heterocycles. The number of terminal acetylenes is 1. The molecule has 6 unspecified atom stereocenters. The molecule has 3 fully saturated rings. The lowest BCUT2D eigenvalue weighted by Gasteiger charge is -2.63. The Labute approximate surface area is 360 Å². The normalized spacial score (nSPS) is 34.7. The maximum absolute atomic E-state index is 15.4. The van der Waals surface area contributed by atoms with Gasteiger partial charge in [0.25, 0.3) is 0 Å². The van der Waals surface area contributed by atoms with Crippen LogP contribution in [0.1, 0.15) is 74.4 Å². The van der Waals surface area contributed by atoms with E-state index in [4.69, 9.17) is 25.4 Å². The van der Waals surface area contributed by atoms with Crippen molar-refractivity contribution in [1.82, 2.24) is 14.8 Å². The summed E-state index contributed by atoms with van der Waals surface area (Å²) in [4.78, 5) is 52.8. The molecular formula is C48H56F2N4O8. The minimum atomic E-state index is -2.96. The van der Waals surface area contributed by atoms with E-state index < -0.39 is 63.7 Å². The van der Waals surface area contributed by atoms with Crippen LogP contribution >= 0.6 is 0 Å². The van der Waals surface area contributed by atoms with Gasteiger partial charge in [0.2, 0.25) is 11.5 Å². The number of aliphatic hydroxyl groups is 1. The molecule has 62 heavy (non-hydrogen) atoms. The van der Waals surface area contributed by atoms with E-state index in [9.17, 15) is 14.7 Å². The highest BCUT2D eigenvalue weighted by molar-refractivity contribution is 5.95. The number of anilines is 1. The van der Waals surface area contributed by atoms with Gasteiger partial charge < -0.3 is 38.8 Å². The number of nitrogens with one attached hydrogen (secondary N) is 1. The second kappa shape index (κ2) is 14.5. The maximum Gasteiger partial charge on any atom is 0.344 e. The Balaban J connectivity index is 1.37. The van der Waals surface area contributed by atoms with Crippen molar-refractivity contribution >= 4 is 34.5 Å². The summed E-state index contributed by atoms with van der Waals surface area (Å²) in [6, 6.07) is 8.15. The Bertz CT molecular complexity index is 2440. The number of nitrogens with zero attached hydrogens (tertiary/aromatic N) is 3. The lowest BCUT2D eigenvalue weighted by atomic mass is 9.47. The highest BCUT2D eigenvalue weighted by atomic mass is 19.3. The van der Waals surface area contributed by atoms with E-state index in [0.29, 0.717) is 73.7 Å². The molecule has 0 radical (unpaired) electrons. The molecular weight excluding hydrogens is 799 g/mol. The molecule has 3 aromatic rings. The van der Waals surface area contributed by atoms with E-state index in [-0.39, 0.29) is 31.3 Å². The predicted octanol–water partition coefficient (Wildman–Crippen LogP) is 5.10. The van der Waals surface area contributed by atoms with Crippen LogP contribution in [0, 0.1) is 29.6 Å². The van der Waals surface area contributed by atoms with Crippen molar-refractivity contribution in [2.24, 2.45) is 17.3 Å². The van der Waals surface area contributed by atoms with Gasteiger partial charge in [-0.15, -0.1) is 6.42 Å². The Hall–Kier alpha value is -4.97. The summed E-state index contributed by atoms with van der Waals surface area (Å²) in [6.07, 6.45) is 10.3. The smallest absolute Gasteiger partial charge is 0.344 e. The SMILES string of the molecule is C#Cc1ccc2[nH]c3c(c2c1)CCN1CC(CC(C(C)(F)F)C1)C[C@]3(C(=O)OC)c1cc2c(cc1OC)N(C)C1C23CCN2CC=C[C@@](CC)(C23)[C@H](OC(C)=O)[C@@]1(O)C(=O)OC. The number of benzene rings is 2. The molecule has 330 valence electrons. The second-order valence-corrected chi connectivity index (χ2v) is 18.7. The fourth-order valence-electron chi connectivity index (χ4n) is 13.6. The number of rotatable bonds is 7. The van der Waals surface area contributed by atoms with Crippen LogP contribution in [0.2, 0.25) is 0 Å². The van der Waals surface area contributed by atoms with Crippen LogP contribution in [0.25, 0.3) is 10.9 Å². The highest BCUT2D eigenvalue weighted by Gasteiger charge is 2.80. The van der Waals surface area contributed by atoms with Gasteiger partial charge in [0, 0.05) is 102 Å². The first-order valence-electron chi connectivity index (χ1n) is 21.7. The molecule has 6 aliphatic rings. The molecule has 1 spiro atoms. The minimum absolute atomic E-state index is 0.115. The quantitative estimate of drug-likeness (QED) is 0.142. The molecule has 5 aliphatic heterocycles. The van der Waals surface area contributed by atoms with Gasteiger partial charge in [0.15, 0.2) is 6.10 Å². The largest absolute Gasteiger partial charge is 0.496 e. The van der Waals surface area contributed by atoms with Gasteiger partial charge in [0.05, 0.1) is 27.4 Å². The number of methoxy groups -OCH3 is 3. The molecule has 2 bridgehead atoms. The van der Waals surface area contributed by atoms with E-state index in [2.05, 4.69) is 20.7 Å². The van der Waals surface area contributed by atoms with Crippen LogP contribution in [-0.4, -0.2) is 129 Å². The number of hydrogen-bond acceptors (Lipinski definition) is 11. The van der Waals surface area contributed by atoms with Gasteiger partial charge in [-0.3, -0.25) is 14.5 Å². The number of esters is 3. The molecule has 10 atom stereocenters. The number of likely N-dealkylation sites (N-methyl/N-ethyl adjacent to an activating group) is 1. The molecule has 1 saturated carbocycles. The van der Waals surface area contributed by atoms with Gasteiger partial charge in [-0.1, -0.05) is 25.0 Å². The van der Waals surface area contributed by atoms with E-state index in [1.54, 1.807) is 0 Å². The average molecular weight is 855 g/mol. The zero-order valence-electron chi connectivity index (χ0n) is 36.5. The van der Waals surface area contributed by atoms with Crippen molar-refractivity contribution in [3.05, 3.63) is 70.4 Å². The van der Waals surface area contributed by atoms with Gasteiger partial charge in [-0.2, -0.15) is 0 Å². The molecule has 12 nitrogen and oxygen atoms in total. The van der Waals surface area contributed by atoms with Crippen LogP contribution in [0.15, 0.2) is 42.5 Å². The molecule has 1 aliphatic carbocycles. The molecule has 9 rings (SSSR count). The van der Waals surface area contributed by atoms with E-state index >= 15 is 13.6 Å². The minimum Gasteiger partial charge on any atom is -0.496 e. The topological polar surface area (TPSA) is 134 Å². The Morgan fingerprint density at radius 1 is 1.05 bits per heavy atom. The Morgan fingerprint density at radius 2 is 1.81 bits per heavy atom. The standard InChI is InChI=1S/C48H56F2N4O8/c1-9-28-12-13-35-32(21-28)31-14-18-53-25-29(20-30(26-53)44(4,49)50)24-47(38(31)51-35,42(56)60-7)34-22-33-36(23-37(34)59-6)52(5)40-46(33)16-19-54-17-11-15-45(10-2,39(46)54)41(62-27(3)55)48(40,58)43(57)61-8/h1,11-13,15,21-23,29-30,39-41,51,58H,10,14,16-20,24-26H2,2-8H3/t29?,30?,39?,40?,41-,45-,46?,47-,48+/m0/s1. The van der Waals surface area contributed by atoms with Crippen LogP contribution in [-0.2, 0) is 45.8 Å². The number of fused-ring (bicyclic) bond motifs is 6. The molecule has 2 aromatic carbocycles. The number of carbonyl (C=O) groups excluding carboxylic acids is 3. The van der Waals surface area contributed by atoms with Crippen molar-refractivity contribution < 1.29 is 47.2 Å². The summed E-state index contributed by atoms with van der Waals surface area (Å²) >= 11 is 0. The Morgan fingerprint density at radius 3 is 2.47 bits per heavy atom. The predicted molar refractivity (Wildman–Crippen MR) is 227 cm³/mol. The third-order valence-corrected chi connectivity index (χ3v) is 15.8. The number of carbonyl (C=O) groups is 3. The lowest BCUT2D eigenvalue weighted by Crippen LogP contribution is -2.81. The van der Waals surface area contributed by atoms with E-state index in [1.807, 2.05) is 61.4 Å². The number of H-pyrrole nitrogens is 1. The summed E-state index contributed by atoms with van der Waals surface area (Å²) in [5.41, 5.74) is -1.27. The summed E-state index contributed by atoms with van der Waals surface area (Å²) in [5.74, 6) is -3.34. The van der Waals surface area contributed by atoms with Crippen LogP contribution in [0.3, 0.4) is 0 Å². The molecule has 1 aromatic heterocycles. The zero-order valence-corrected chi connectivity index (χ0v) is 36.5. The fraction of sp³-hybridized carbons (Fsp3) is 0.562.